The maximum atomic E-state index is 11.5. The van der Waals surface area contributed by atoms with Gasteiger partial charge in [-0.2, -0.15) is 0 Å². The number of fused-ring (bicyclic) bond motifs is 1. The lowest BCUT2D eigenvalue weighted by Gasteiger charge is -2.04. The predicted molar refractivity (Wildman–Crippen MR) is 61.9 cm³/mol. The van der Waals surface area contributed by atoms with Crippen LogP contribution in [0.4, 0.5) is 0 Å². The van der Waals surface area contributed by atoms with Gasteiger partial charge in [0.1, 0.15) is 16.2 Å². The van der Waals surface area contributed by atoms with Gasteiger partial charge in [0.15, 0.2) is 5.17 Å². The van der Waals surface area contributed by atoms with Gasteiger partial charge in [-0.25, -0.2) is 4.79 Å². The number of nitrogens with two attached hydrogens (primary N) is 1. The monoisotopic (exact) mass is 236 g/mol. The highest BCUT2D eigenvalue weighted by Gasteiger charge is 2.14. The Labute approximate surface area is 94.4 Å². The molecule has 0 saturated heterocycles. The number of benzene rings is 1. The summed E-state index contributed by atoms with van der Waals surface area (Å²) in [5.41, 5.74) is 4.77. The SMILES string of the molecule is N=C(N)Sc1c(O)c2ccccc2oc1=O. The number of amidine groups is 1. The van der Waals surface area contributed by atoms with Crippen molar-refractivity contribution in [2.45, 2.75) is 4.90 Å². The largest absolute Gasteiger partial charge is 0.506 e. The summed E-state index contributed by atoms with van der Waals surface area (Å²) in [6, 6.07) is 6.61. The molecule has 5 nitrogen and oxygen atoms in total. The molecule has 0 bridgehead atoms. The van der Waals surface area contributed by atoms with Crippen molar-refractivity contribution < 1.29 is 9.52 Å². The molecule has 0 atom stereocenters. The first kappa shape index (κ1) is 10.6. The van der Waals surface area contributed by atoms with Crippen LogP contribution in [0.3, 0.4) is 0 Å². The molecule has 0 fully saturated rings. The minimum atomic E-state index is -0.698. The Morgan fingerprint density at radius 1 is 1.44 bits per heavy atom. The number of rotatable bonds is 1. The maximum Gasteiger partial charge on any atom is 0.354 e. The molecule has 1 aromatic carbocycles. The van der Waals surface area contributed by atoms with Crippen molar-refractivity contribution in [2.75, 3.05) is 0 Å². The summed E-state index contributed by atoms with van der Waals surface area (Å²) < 4.78 is 4.99. The molecule has 0 saturated carbocycles. The van der Waals surface area contributed by atoms with Crippen molar-refractivity contribution in [3.05, 3.63) is 34.7 Å². The molecule has 82 valence electrons. The second-order valence-electron chi connectivity index (χ2n) is 3.03. The van der Waals surface area contributed by atoms with Crippen molar-refractivity contribution in [1.29, 1.82) is 5.41 Å². The molecule has 0 aliphatic carbocycles. The van der Waals surface area contributed by atoms with Gasteiger partial charge in [-0.05, 0) is 23.9 Å². The van der Waals surface area contributed by atoms with Gasteiger partial charge in [0.25, 0.3) is 0 Å². The number of nitrogens with one attached hydrogen (secondary N) is 1. The van der Waals surface area contributed by atoms with E-state index in [1.165, 1.54) is 0 Å². The number of hydrogen-bond acceptors (Lipinski definition) is 5. The summed E-state index contributed by atoms with van der Waals surface area (Å²) >= 11 is 0.671. The molecule has 2 aromatic rings. The van der Waals surface area contributed by atoms with E-state index in [4.69, 9.17) is 15.6 Å². The molecule has 6 heteroatoms. The topological polar surface area (TPSA) is 100 Å². The quantitative estimate of drug-likeness (QED) is 0.301. The fraction of sp³-hybridized carbons (Fsp3) is 0. The number of para-hydroxylation sites is 1. The zero-order valence-electron chi connectivity index (χ0n) is 8.06. The summed E-state index contributed by atoms with van der Waals surface area (Å²) in [5.74, 6) is -0.202. The van der Waals surface area contributed by atoms with Crippen molar-refractivity contribution in [3.8, 4) is 5.75 Å². The first-order chi connectivity index (χ1) is 7.59. The van der Waals surface area contributed by atoms with Crippen LogP contribution in [0.2, 0.25) is 0 Å². The minimum Gasteiger partial charge on any atom is -0.506 e. The van der Waals surface area contributed by atoms with Crippen molar-refractivity contribution in [1.82, 2.24) is 0 Å². The molecule has 2 rings (SSSR count). The van der Waals surface area contributed by atoms with E-state index >= 15 is 0 Å². The van der Waals surface area contributed by atoms with Crippen LogP contribution >= 0.6 is 11.8 Å². The van der Waals surface area contributed by atoms with Gasteiger partial charge in [0.2, 0.25) is 0 Å². The lowest BCUT2D eigenvalue weighted by atomic mass is 10.2. The molecule has 0 aliphatic heterocycles. The van der Waals surface area contributed by atoms with Gasteiger partial charge in [0, 0.05) is 0 Å². The molecular weight excluding hydrogens is 228 g/mol. The molecule has 16 heavy (non-hydrogen) atoms. The van der Waals surface area contributed by atoms with Crippen LogP contribution in [0.15, 0.2) is 38.4 Å². The van der Waals surface area contributed by atoms with Crippen molar-refractivity contribution in [3.63, 3.8) is 0 Å². The number of hydrogen-bond donors (Lipinski definition) is 3. The van der Waals surface area contributed by atoms with Crippen LogP contribution in [0.25, 0.3) is 11.0 Å². The molecule has 1 aromatic heterocycles. The van der Waals surface area contributed by atoms with E-state index in [0.717, 1.165) is 0 Å². The third-order valence-electron chi connectivity index (χ3n) is 1.96. The summed E-state index contributed by atoms with van der Waals surface area (Å²) in [5, 5.41) is 17.1. The summed E-state index contributed by atoms with van der Waals surface area (Å²) in [6.45, 7) is 0. The van der Waals surface area contributed by atoms with Crippen molar-refractivity contribution in [2.24, 2.45) is 5.73 Å². The second-order valence-corrected chi connectivity index (χ2v) is 4.08. The first-order valence-corrected chi connectivity index (χ1v) is 5.18. The van der Waals surface area contributed by atoms with Crippen LogP contribution in [-0.4, -0.2) is 10.3 Å². The van der Waals surface area contributed by atoms with E-state index in [1.807, 2.05) is 0 Å². The maximum absolute atomic E-state index is 11.5. The number of thioether (sulfide) groups is 1. The molecule has 0 spiro atoms. The van der Waals surface area contributed by atoms with Crippen LogP contribution < -0.4 is 11.4 Å². The van der Waals surface area contributed by atoms with Crippen LogP contribution in [-0.2, 0) is 0 Å². The zero-order chi connectivity index (χ0) is 11.7. The normalized spacial score (nSPS) is 10.5. The third kappa shape index (κ3) is 1.74. The second kappa shape index (κ2) is 3.90. The summed E-state index contributed by atoms with van der Waals surface area (Å²) in [4.78, 5) is 11.4. The van der Waals surface area contributed by atoms with Gasteiger partial charge in [-0.15, -0.1) is 0 Å². The highest BCUT2D eigenvalue weighted by Crippen LogP contribution is 2.31. The van der Waals surface area contributed by atoms with E-state index in [1.54, 1.807) is 24.3 Å². The average molecular weight is 236 g/mol. The smallest absolute Gasteiger partial charge is 0.354 e. The molecule has 0 unspecified atom stereocenters. The van der Waals surface area contributed by atoms with Crippen LogP contribution in [0.5, 0.6) is 5.75 Å². The minimum absolute atomic E-state index is 0.0637. The molecular formula is C10H8N2O3S. The Bertz CT molecular complexity index is 621. The summed E-state index contributed by atoms with van der Waals surface area (Å²) in [7, 11) is 0. The van der Waals surface area contributed by atoms with Gasteiger partial charge in [-0.1, -0.05) is 12.1 Å². The molecule has 1 heterocycles. The lowest BCUT2D eigenvalue weighted by Crippen LogP contribution is -2.09. The molecule has 4 N–H and O–H groups in total. The predicted octanol–water partition coefficient (Wildman–Crippen LogP) is 1.48. The van der Waals surface area contributed by atoms with Gasteiger partial charge >= 0.3 is 5.63 Å². The van der Waals surface area contributed by atoms with Gasteiger partial charge < -0.3 is 15.3 Å². The van der Waals surface area contributed by atoms with Crippen LogP contribution in [0, 0.1) is 5.41 Å². The fourth-order valence-electron chi connectivity index (χ4n) is 1.32. The van der Waals surface area contributed by atoms with E-state index in [0.29, 0.717) is 22.7 Å². The Kier molecular flexibility index (Phi) is 2.57. The van der Waals surface area contributed by atoms with E-state index < -0.39 is 5.63 Å². The number of aromatic hydroxyl groups is 1. The van der Waals surface area contributed by atoms with Crippen molar-refractivity contribution >= 4 is 27.9 Å². The Balaban J connectivity index is 2.75. The van der Waals surface area contributed by atoms with Crippen LogP contribution in [0.1, 0.15) is 0 Å². The Morgan fingerprint density at radius 3 is 2.81 bits per heavy atom. The fourth-order valence-corrected chi connectivity index (χ4v) is 1.87. The Morgan fingerprint density at radius 2 is 2.12 bits per heavy atom. The molecule has 0 radical (unpaired) electrons. The van der Waals surface area contributed by atoms with E-state index in [9.17, 15) is 9.90 Å². The van der Waals surface area contributed by atoms with Gasteiger partial charge in [0.05, 0.1) is 5.39 Å². The van der Waals surface area contributed by atoms with E-state index in [2.05, 4.69) is 0 Å². The third-order valence-corrected chi connectivity index (χ3v) is 2.74. The first-order valence-electron chi connectivity index (χ1n) is 4.36. The lowest BCUT2D eigenvalue weighted by molar-refractivity contribution is 0.447. The van der Waals surface area contributed by atoms with Gasteiger partial charge in [-0.3, -0.25) is 5.41 Å². The average Bonchev–Trinajstić information content (AvgIpc) is 2.24. The highest BCUT2D eigenvalue weighted by atomic mass is 32.2. The standard InChI is InChI=1S/C10H8N2O3S/c11-10(12)16-8-7(13)5-3-1-2-4-6(5)15-9(8)14/h1-4,13H,(H3,11,12). The highest BCUT2D eigenvalue weighted by molar-refractivity contribution is 8.13. The molecule has 0 amide bonds. The van der Waals surface area contributed by atoms with E-state index in [-0.39, 0.29) is 15.8 Å². The Hall–Kier alpha value is -1.95. The summed E-state index contributed by atoms with van der Waals surface area (Å²) in [6.07, 6.45) is 0. The zero-order valence-corrected chi connectivity index (χ0v) is 8.88. The molecule has 0 aliphatic rings.